The molecule has 30 heavy (non-hydrogen) atoms. The first-order valence-corrected chi connectivity index (χ1v) is 10.9. The van der Waals surface area contributed by atoms with Gasteiger partial charge in [-0.2, -0.15) is 0 Å². The molecule has 0 bridgehead atoms. The van der Waals surface area contributed by atoms with Crippen molar-refractivity contribution in [3.05, 3.63) is 58.1 Å². The van der Waals surface area contributed by atoms with Gasteiger partial charge in [0.2, 0.25) is 5.91 Å². The number of carbonyl (C=O) groups excluding carboxylic acids is 2. The van der Waals surface area contributed by atoms with Crippen LogP contribution in [0.2, 0.25) is 5.02 Å². The largest absolute Gasteiger partial charge is 0.483 e. The van der Waals surface area contributed by atoms with Crippen LogP contribution < -0.4 is 15.4 Å². The van der Waals surface area contributed by atoms with Gasteiger partial charge in [-0.15, -0.1) is 0 Å². The Hall–Kier alpha value is -2.53. The van der Waals surface area contributed by atoms with Gasteiger partial charge in [0, 0.05) is 10.7 Å². The third kappa shape index (κ3) is 5.99. The molecule has 0 saturated heterocycles. The second kappa shape index (κ2) is 10.5. The molecule has 5 nitrogen and oxygen atoms in total. The molecule has 1 fully saturated rings. The number of hydrogen-bond acceptors (Lipinski definition) is 3. The molecule has 0 heterocycles. The number of carbonyl (C=O) groups is 2. The van der Waals surface area contributed by atoms with Gasteiger partial charge in [-0.05, 0) is 67.5 Å². The smallest absolute Gasteiger partial charge is 0.258 e. The van der Waals surface area contributed by atoms with Crippen LogP contribution in [0.3, 0.4) is 0 Å². The summed E-state index contributed by atoms with van der Waals surface area (Å²) in [5.41, 5.74) is 3.82. The van der Waals surface area contributed by atoms with Gasteiger partial charge in [-0.25, -0.2) is 0 Å². The molecule has 2 amide bonds. The molecule has 2 N–H and O–H groups in total. The predicted molar refractivity (Wildman–Crippen MR) is 120 cm³/mol. The summed E-state index contributed by atoms with van der Waals surface area (Å²) in [6, 6.07) is 11.4. The Labute approximate surface area is 183 Å². The third-order valence-electron chi connectivity index (χ3n) is 5.57. The van der Waals surface area contributed by atoms with Crippen molar-refractivity contribution in [1.82, 2.24) is 5.32 Å². The maximum Gasteiger partial charge on any atom is 0.258 e. The minimum atomic E-state index is -0.337. The Kier molecular flexibility index (Phi) is 7.75. The second-order valence-corrected chi connectivity index (χ2v) is 8.33. The van der Waals surface area contributed by atoms with E-state index in [2.05, 4.69) is 10.6 Å². The van der Waals surface area contributed by atoms with E-state index in [-0.39, 0.29) is 25.0 Å². The molecule has 2 aromatic rings. The van der Waals surface area contributed by atoms with Crippen LogP contribution in [-0.4, -0.2) is 25.0 Å². The lowest BCUT2D eigenvalue weighted by Gasteiger charge is -2.24. The molecule has 0 spiro atoms. The van der Waals surface area contributed by atoms with Gasteiger partial charge in [-0.1, -0.05) is 49.1 Å². The average Bonchev–Trinajstić information content (AvgIpc) is 2.74. The molecule has 1 aliphatic rings. The topological polar surface area (TPSA) is 67.4 Å². The van der Waals surface area contributed by atoms with Gasteiger partial charge in [0.05, 0.1) is 6.54 Å². The molecule has 1 aliphatic carbocycles. The summed E-state index contributed by atoms with van der Waals surface area (Å²) in [7, 11) is 0. The molecule has 1 saturated carbocycles. The van der Waals surface area contributed by atoms with E-state index < -0.39 is 0 Å². The molecule has 3 rings (SSSR count). The van der Waals surface area contributed by atoms with Crippen LogP contribution in [0.4, 0.5) is 5.69 Å². The second-order valence-electron chi connectivity index (χ2n) is 7.90. The Morgan fingerprint density at radius 2 is 1.73 bits per heavy atom. The molecule has 0 unspecified atom stereocenters. The van der Waals surface area contributed by atoms with Gasteiger partial charge in [-0.3, -0.25) is 9.59 Å². The van der Waals surface area contributed by atoms with Crippen LogP contribution in [-0.2, 0) is 9.59 Å². The zero-order valence-corrected chi connectivity index (χ0v) is 18.3. The first-order valence-electron chi connectivity index (χ1n) is 10.5. The lowest BCUT2D eigenvalue weighted by Crippen LogP contribution is -2.36. The van der Waals surface area contributed by atoms with Crippen LogP contribution >= 0.6 is 11.6 Å². The Balaban J connectivity index is 1.52. The van der Waals surface area contributed by atoms with Crippen molar-refractivity contribution >= 4 is 29.1 Å². The van der Waals surface area contributed by atoms with Crippen LogP contribution in [0.25, 0.3) is 0 Å². The van der Waals surface area contributed by atoms with Gasteiger partial charge >= 0.3 is 0 Å². The number of ether oxygens (including phenoxy) is 1. The first kappa shape index (κ1) is 22.2. The van der Waals surface area contributed by atoms with E-state index in [4.69, 9.17) is 16.3 Å². The van der Waals surface area contributed by atoms with Gasteiger partial charge in [0.15, 0.2) is 6.61 Å². The van der Waals surface area contributed by atoms with Crippen LogP contribution in [0.1, 0.15) is 54.7 Å². The van der Waals surface area contributed by atoms with Crippen molar-refractivity contribution in [1.29, 1.82) is 0 Å². The summed E-state index contributed by atoms with van der Waals surface area (Å²) in [5, 5.41) is 6.15. The summed E-state index contributed by atoms with van der Waals surface area (Å²) in [6.45, 7) is 3.63. The molecular formula is C24H29ClN2O3. The third-order valence-corrected chi connectivity index (χ3v) is 5.80. The number of amides is 2. The van der Waals surface area contributed by atoms with Crippen molar-refractivity contribution < 1.29 is 14.3 Å². The predicted octanol–water partition coefficient (Wildman–Crippen LogP) is 5.14. The summed E-state index contributed by atoms with van der Waals surface area (Å²) in [5.74, 6) is 0.506. The maximum absolute atomic E-state index is 12.2. The van der Waals surface area contributed by atoms with Crippen molar-refractivity contribution in [2.45, 2.75) is 51.9 Å². The first-order chi connectivity index (χ1) is 14.4. The number of benzene rings is 2. The molecular weight excluding hydrogens is 400 g/mol. The van der Waals surface area contributed by atoms with E-state index in [1.807, 2.05) is 44.2 Å². The fraction of sp³-hybridized carbons (Fsp3) is 0.417. The fourth-order valence-electron chi connectivity index (χ4n) is 3.95. The lowest BCUT2D eigenvalue weighted by molar-refractivity contribution is -0.125. The molecule has 6 heteroatoms. The van der Waals surface area contributed by atoms with Crippen molar-refractivity contribution in [2.24, 2.45) is 0 Å². The van der Waals surface area contributed by atoms with E-state index >= 15 is 0 Å². The van der Waals surface area contributed by atoms with Crippen molar-refractivity contribution in [2.75, 3.05) is 18.5 Å². The summed E-state index contributed by atoms with van der Waals surface area (Å²) in [4.78, 5) is 24.4. The standard InChI is InChI=1S/C24H29ClN2O3/c1-16-7-6-8-17(2)24(16)27-22(28)14-26-23(29)15-30-21-12-11-19(25)13-20(21)18-9-4-3-5-10-18/h6-8,11-13,18H,3-5,9-10,14-15H2,1-2H3,(H,26,29)(H,27,28). The number of aryl methyl sites for hydroxylation is 2. The van der Waals surface area contributed by atoms with E-state index in [9.17, 15) is 9.59 Å². The highest BCUT2D eigenvalue weighted by Crippen LogP contribution is 2.38. The van der Waals surface area contributed by atoms with Gasteiger partial charge in [0.25, 0.3) is 5.91 Å². The zero-order chi connectivity index (χ0) is 21.5. The lowest BCUT2D eigenvalue weighted by atomic mass is 9.84. The molecule has 160 valence electrons. The minimum Gasteiger partial charge on any atom is -0.483 e. The summed E-state index contributed by atoms with van der Waals surface area (Å²) < 4.78 is 5.79. The number of para-hydroxylation sites is 1. The highest BCUT2D eigenvalue weighted by molar-refractivity contribution is 6.30. The molecule has 2 aromatic carbocycles. The summed E-state index contributed by atoms with van der Waals surface area (Å²) in [6.07, 6.45) is 5.89. The zero-order valence-electron chi connectivity index (χ0n) is 17.6. The van der Waals surface area contributed by atoms with E-state index in [0.29, 0.717) is 16.7 Å². The fourth-order valence-corrected chi connectivity index (χ4v) is 4.13. The quantitative estimate of drug-likeness (QED) is 0.641. The van der Waals surface area contributed by atoms with E-state index in [0.717, 1.165) is 35.2 Å². The number of anilines is 1. The van der Waals surface area contributed by atoms with Crippen molar-refractivity contribution in [3.63, 3.8) is 0 Å². The monoisotopic (exact) mass is 428 g/mol. The highest BCUT2D eigenvalue weighted by Gasteiger charge is 2.20. The highest BCUT2D eigenvalue weighted by atomic mass is 35.5. The molecule has 0 atom stereocenters. The Morgan fingerprint density at radius 1 is 1.03 bits per heavy atom. The number of halogens is 1. The minimum absolute atomic E-state index is 0.105. The van der Waals surface area contributed by atoms with E-state index in [1.165, 1.54) is 19.3 Å². The van der Waals surface area contributed by atoms with E-state index in [1.54, 1.807) is 6.07 Å². The van der Waals surface area contributed by atoms with Crippen molar-refractivity contribution in [3.8, 4) is 5.75 Å². The van der Waals surface area contributed by atoms with Gasteiger partial charge < -0.3 is 15.4 Å². The maximum atomic E-state index is 12.2. The molecule has 0 aromatic heterocycles. The molecule has 0 aliphatic heterocycles. The van der Waals surface area contributed by atoms with Crippen LogP contribution in [0, 0.1) is 13.8 Å². The van der Waals surface area contributed by atoms with Gasteiger partial charge in [0.1, 0.15) is 5.75 Å². The van der Waals surface area contributed by atoms with Crippen LogP contribution in [0.5, 0.6) is 5.75 Å². The number of hydrogen-bond donors (Lipinski definition) is 2. The Morgan fingerprint density at radius 3 is 2.43 bits per heavy atom. The average molecular weight is 429 g/mol. The summed E-state index contributed by atoms with van der Waals surface area (Å²) >= 11 is 6.19. The normalized spacial score (nSPS) is 14.2. The number of nitrogens with one attached hydrogen (secondary N) is 2. The van der Waals surface area contributed by atoms with Crippen LogP contribution in [0.15, 0.2) is 36.4 Å². The number of rotatable bonds is 7. The Bertz CT molecular complexity index is 887. The SMILES string of the molecule is Cc1cccc(C)c1NC(=O)CNC(=O)COc1ccc(Cl)cc1C1CCCCC1. The molecule has 0 radical (unpaired) electrons.